The molecule has 0 N–H and O–H groups in total. The molecule has 1 saturated heterocycles. The molecule has 1 aliphatic heterocycles. The summed E-state index contributed by atoms with van der Waals surface area (Å²) in [5, 5.41) is 0. The Morgan fingerprint density at radius 3 is 2.17 bits per heavy atom. The summed E-state index contributed by atoms with van der Waals surface area (Å²) in [6, 6.07) is 0. The lowest BCUT2D eigenvalue weighted by molar-refractivity contribution is 0.00578. The fraction of sp³-hybridized carbons (Fsp3) is 0.667. The van der Waals surface area contributed by atoms with Gasteiger partial charge in [-0.2, -0.15) is 0 Å². The van der Waals surface area contributed by atoms with Crippen LogP contribution >= 0.6 is 0 Å². The second-order valence-electron chi connectivity index (χ2n) is 5.69. The van der Waals surface area contributed by atoms with Gasteiger partial charge in [-0.3, -0.25) is 9.36 Å². The van der Waals surface area contributed by atoms with Gasteiger partial charge in [0.25, 0.3) is 0 Å². The van der Waals surface area contributed by atoms with Crippen LogP contribution in [0.5, 0.6) is 0 Å². The van der Waals surface area contributed by atoms with Crippen LogP contribution in [0.1, 0.15) is 45.2 Å². The smallest absolute Gasteiger partial charge is 0.398 e. The lowest BCUT2D eigenvalue weighted by atomic mass is 9.86. The van der Waals surface area contributed by atoms with Crippen LogP contribution in [0.15, 0.2) is 6.20 Å². The third kappa shape index (κ3) is 1.99. The molecule has 18 heavy (non-hydrogen) atoms. The average molecular weight is 250 g/mol. The van der Waals surface area contributed by atoms with E-state index in [4.69, 9.17) is 9.31 Å². The minimum absolute atomic E-state index is 0.0669. The maximum Gasteiger partial charge on any atom is 0.516 e. The Hall–Kier alpha value is -1.14. The van der Waals surface area contributed by atoms with Gasteiger partial charge < -0.3 is 9.31 Å². The Kier molecular flexibility index (Phi) is 2.90. The highest BCUT2D eigenvalue weighted by atomic mass is 16.7. The topological polar surface area (TPSA) is 53.4 Å². The first-order valence-electron chi connectivity index (χ1n) is 6.06. The largest absolute Gasteiger partial charge is 0.516 e. The van der Waals surface area contributed by atoms with E-state index in [0.717, 1.165) is 0 Å². The van der Waals surface area contributed by atoms with Crippen LogP contribution in [0.3, 0.4) is 0 Å². The molecule has 2 heterocycles. The van der Waals surface area contributed by atoms with Gasteiger partial charge in [-0.15, -0.1) is 0 Å². The average Bonchev–Trinajstić information content (AvgIpc) is 2.66. The first kappa shape index (κ1) is 13.3. The second-order valence-corrected chi connectivity index (χ2v) is 5.69. The van der Waals surface area contributed by atoms with Gasteiger partial charge in [-0.1, -0.05) is 0 Å². The molecule has 2 rings (SSSR count). The molecule has 0 spiro atoms. The van der Waals surface area contributed by atoms with E-state index in [2.05, 4.69) is 4.98 Å². The summed E-state index contributed by atoms with van der Waals surface area (Å²) < 4.78 is 13.3. The number of rotatable bonds is 1. The zero-order chi connectivity index (χ0) is 13.7. The first-order chi connectivity index (χ1) is 8.14. The van der Waals surface area contributed by atoms with Crippen LogP contribution in [-0.2, 0) is 9.31 Å². The summed E-state index contributed by atoms with van der Waals surface area (Å²) in [6.07, 6.45) is 1.68. The van der Waals surface area contributed by atoms with Gasteiger partial charge in [0, 0.05) is 13.1 Å². The van der Waals surface area contributed by atoms with Gasteiger partial charge in [-0.05, 0) is 34.6 Å². The lowest BCUT2D eigenvalue weighted by Crippen LogP contribution is -2.41. The van der Waals surface area contributed by atoms with Gasteiger partial charge in [0.1, 0.15) is 5.82 Å². The van der Waals surface area contributed by atoms with Crippen molar-refractivity contribution in [2.45, 2.75) is 52.7 Å². The molecule has 0 unspecified atom stereocenters. The Morgan fingerprint density at radius 2 is 1.78 bits per heavy atom. The van der Waals surface area contributed by atoms with E-state index in [1.165, 1.54) is 11.5 Å². The third-order valence-corrected chi connectivity index (χ3v) is 3.73. The fourth-order valence-electron chi connectivity index (χ4n) is 1.89. The summed E-state index contributed by atoms with van der Waals surface area (Å²) in [5.74, 6) is 0.579. The van der Waals surface area contributed by atoms with Crippen molar-refractivity contribution in [3.8, 4) is 0 Å². The maximum absolute atomic E-state index is 11.4. The van der Waals surface area contributed by atoms with Crippen molar-refractivity contribution in [1.29, 1.82) is 0 Å². The van der Waals surface area contributed by atoms with Crippen LogP contribution in [0.2, 0.25) is 0 Å². The van der Waals surface area contributed by atoms with Crippen LogP contribution in [0.25, 0.3) is 0 Å². The van der Waals surface area contributed by atoms with E-state index < -0.39 is 18.3 Å². The molecule has 98 valence electrons. The molecule has 0 aromatic carbocycles. The Balaban J connectivity index is 2.30. The lowest BCUT2D eigenvalue weighted by Gasteiger charge is -2.32. The third-order valence-electron chi connectivity index (χ3n) is 3.73. The second kappa shape index (κ2) is 3.93. The van der Waals surface area contributed by atoms with Gasteiger partial charge in [0.15, 0.2) is 0 Å². The minimum atomic E-state index is -0.519. The molecule has 0 atom stereocenters. The van der Waals surface area contributed by atoms with Gasteiger partial charge in [0.05, 0.1) is 16.8 Å². The number of hydrogen-bond acceptors (Lipinski definition) is 4. The van der Waals surface area contributed by atoms with Crippen LogP contribution in [0.4, 0.5) is 0 Å². The van der Waals surface area contributed by atoms with Crippen molar-refractivity contribution in [2.75, 3.05) is 0 Å². The zero-order valence-electron chi connectivity index (χ0n) is 11.8. The quantitative estimate of drug-likeness (QED) is 0.701. The number of aromatic nitrogens is 2. The molecule has 1 fully saturated rings. The summed E-state index contributed by atoms with van der Waals surface area (Å²) in [7, 11) is -0.519. The molecule has 0 bridgehead atoms. The molecule has 0 amide bonds. The molecule has 0 aliphatic carbocycles. The normalized spacial score (nSPS) is 21.3. The molecular formula is C12H19BN2O3. The highest BCUT2D eigenvalue weighted by Gasteiger charge is 2.52. The van der Waals surface area contributed by atoms with E-state index >= 15 is 0 Å². The Labute approximate surface area is 108 Å². The van der Waals surface area contributed by atoms with Crippen LogP contribution < -0.4 is 5.59 Å². The first-order valence-corrected chi connectivity index (χ1v) is 6.06. The summed E-state index contributed by atoms with van der Waals surface area (Å²) >= 11 is 0. The predicted octanol–water partition coefficient (Wildman–Crippen LogP) is 1.15. The van der Waals surface area contributed by atoms with Crippen LogP contribution in [-0.4, -0.2) is 33.8 Å². The maximum atomic E-state index is 11.4. The molecule has 6 heteroatoms. The van der Waals surface area contributed by atoms with Crippen LogP contribution in [0, 0.1) is 6.92 Å². The fourth-order valence-corrected chi connectivity index (χ4v) is 1.89. The SMILES string of the molecule is CC(=O)n1cc(B2OC(C)(C)C(C)(C)O2)nc1C. The Morgan fingerprint density at radius 1 is 1.28 bits per heavy atom. The standard InChI is InChI=1S/C12H19BN2O3/c1-8-14-10(7-15(8)9(2)16)13-17-11(3,4)12(5,6)18-13/h7H,1-6H3. The number of nitrogens with zero attached hydrogens (tertiary/aromatic N) is 2. The zero-order valence-corrected chi connectivity index (χ0v) is 11.8. The van der Waals surface area contributed by atoms with E-state index in [-0.39, 0.29) is 5.91 Å². The van der Waals surface area contributed by atoms with Crippen molar-refractivity contribution >= 4 is 18.6 Å². The summed E-state index contributed by atoms with van der Waals surface area (Å²) in [4.78, 5) is 15.7. The highest BCUT2D eigenvalue weighted by molar-refractivity contribution is 6.61. The van der Waals surface area contributed by atoms with E-state index in [0.29, 0.717) is 11.4 Å². The van der Waals surface area contributed by atoms with Crippen molar-refractivity contribution in [1.82, 2.24) is 9.55 Å². The monoisotopic (exact) mass is 250 g/mol. The van der Waals surface area contributed by atoms with Crippen molar-refractivity contribution in [3.63, 3.8) is 0 Å². The van der Waals surface area contributed by atoms with Gasteiger partial charge in [0.2, 0.25) is 5.91 Å². The molecule has 5 nitrogen and oxygen atoms in total. The highest BCUT2D eigenvalue weighted by Crippen LogP contribution is 2.36. The van der Waals surface area contributed by atoms with Crippen molar-refractivity contribution in [2.24, 2.45) is 0 Å². The molecule has 1 aromatic rings. The summed E-state index contributed by atoms with van der Waals surface area (Å²) in [5.41, 5.74) is -0.154. The minimum Gasteiger partial charge on any atom is -0.398 e. The molecule has 0 radical (unpaired) electrons. The number of carbonyl (C=O) groups excluding carboxylic acids is 1. The molecular weight excluding hydrogens is 231 g/mol. The van der Waals surface area contributed by atoms with Crippen molar-refractivity contribution in [3.05, 3.63) is 12.0 Å². The Bertz CT molecular complexity index is 478. The summed E-state index contributed by atoms with van der Waals surface area (Å²) in [6.45, 7) is 11.2. The van der Waals surface area contributed by atoms with Crippen molar-refractivity contribution < 1.29 is 14.1 Å². The molecule has 1 aliphatic rings. The molecule has 1 aromatic heterocycles. The number of aryl methyl sites for hydroxylation is 1. The van der Waals surface area contributed by atoms with E-state index in [1.54, 1.807) is 13.1 Å². The number of imidazole rings is 1. The van der Waals surface area contributed by atoms with E-state index in [1.807, 2.05) is 27.7 Å². The molecule has 0 saturated carbocycles. The number of carbonyl (C=O) groups is 1. The van der Waals surface area contributed by atoms with Gasteiger partial charge in [-0.25, -0.2) is 4.98 Å². The number of hydrogen-bond donors (Lipinski definition) is 0. The van der Waals surface area contributed by atoms with E-state index in [9.17, 15) is 4.79 Å². The van der Waals surface area contributed by atoms with Gasteiger partial charge >= 0.3 is 7.12 Å². The predicted molar refractivity (Wildman–Crippen MR) is 69.0 cm³/mol.